The average Bonchev–Trinajstić information content (AvgIpc) is 2.17. The molecule has 1 amide bonds. The van der Waals surface area contributed by atoms with Crippen LogP contribution in [-0.2, 0) is 14.3 Å². The van der Waals surface area contributed by atoms with Gasteiger partial charge in [0.1, 0.15) is 4.83 Å². The Hall–Kier alpha value is -0.130. The summed E-state index contributed by atoms with van der Waals surface area (Å²) in [4.78, 5) is 11.4. The second-order valence-corrected chi connectivity index (χ2v) is 5.32. The van der Waals surface area contributed by atoms with E-state index in [2.05, 4.69) is 35.1 Å². The van der Waals surface area contributed by atoms with Gasteiger partial charge in [-0.15, -0.1) is 0 Å². The molecule has 0 aromatic heterocycles. The number of nitrogens with one attached hydrogen (secondary N) is 1. The number of alkyl halides is 1. The number of carbonyl (C=O) groups excluding carboxylic acids is 1. The topological polar surface area (TPSA) is 47.6 Å². The first-order valence-electron chi connectivity index (χ1n) is 5.43. The largest absolute Gasteiger partial charge is 0.383 e. The fourth-order valence-corrected chi connectivity index (χ4v) is 1.85. The fourth-order valence-electron chi connectivity index (χ4n) is 1.45. The number of carbonyl (C=O) groups is 1. The molecular formula is C11H22BrNO3. The highest BCUT2D eigenvalue weighted by atomic mass is 79.9. The standard InChI is InChI=1S/C11H22BrNO3/c1-8(2)5-9(6-15-3)13-11(14)10(12)7-16-4/h8-10H,5-7H2,1-4H3,(H,13,14). The molecule has 0 saturated heterocycles. The molecule has 2 atom stereocenters. The summed E-state index contributed by atoms with van der Waals surface area (Å²) in [5.74, 6) is 0.473. The maximum atomic E-state index is 11.7. The maximum Gasteiger partial charge on any atom is 0.236 e. The van der Waals surface area contributed by atoms with Crippen LogP contribution in [0.15, 0.2) is 0 Å². The highest BCUT2D eigenvalue weighted by Gasteiger charge is 2.19. The van der Waals surface area contributed by atoms with E-state index >= 15 is 0 Å². The second kappa shape index (κ2) is 8.96. The summed E-state index contributed by atoms with van der Waals surface area (Å²) in [6.07, 6.45) is 0.909. The van der Waals surface area contributed by atoms with Crippen LogP contribution in [0.25, 0.3) is 0 Å². The van der Waals surface area contributed by atoms with Gasteiger partial charge in [-0.2, -0.15) is 0 Å². The van der Waals surface area contributed by atoms with Crippen molar-refractivity contribution in [2.75, 3.05) is 27.4 Å². The number of hydrogen-bond acceptors (Lipinski definition) is 3. The highest BCUT2D eigenvalue weighted by Crippen LogP contribution is 2.07. The molecule has 0 aliphatic carbocycles. The molecule has 5 heteroatoms. The molecule has 0 rings (SSSR count). The Labute approximate surface area is 106 Å². The number of hydrogen-bond donors (Lipinski definition) is 1. The monoisotopic (exact) mass is 295 g/mol. The molecule has 96 valence electrons. The smallest absolute Gasteiger partial charge is 0.236 e. The molecular weight excluding hydrogens is 274 g/mol. The van der Waals surface area contributed by atoms with Gasteiger partial charge in [-0.3, -0.25) is 4.79 Å². The third-order valence-corrected chi connectivity index (χ3v) is 2.75. The van der Waals surface area contributed by atoms with Gasteiger partial charge >= 0.3 is 0 Å². The quantitative estimate of drug-likeness (QED) is 0.692. The van der Waals surface area contributed by atoms with Crippen molar-refractivity contribution in [3.8, 4) is 0 Å². The van der Waals surface area contributed by atoms with E-state index in [1.807, 2.05) is 0 Å². The predicted molar refractivity (Wildman–Crippen MR) is 67.9 cm³/mol. The molecule has 0 aromatic rings. The third-order valence-electron chi connectivity index (χ3n) is 2.07. The Morgan fingerprint density at radius 1 is 1.25 bits per heavy atom. The summed E-state index contributed by atoms with van der Waals surface area (Å²) < 4.78 is 9.99. The summed E-state index contributed by atoms with van der Waals surface area (Å²) >= 11 is 3.27. The van der Waals surface area contributed by atoms with Crippen molar-refractivity contribution >= 4 is 21.8 Å². The van der Waals surface area contributed by atoms with Crippen LogP contribution in [0.5, 0.6) is 0 Å². The van der Waals surface area contributed by atoms with Crippen molar-refractivity contribution in [1.29, 1.82) is 0 Å². The molecule has 0 aromatic carbocycles. The van der Waals surface area contributed by atoms with Crippen molar-refractivity contribution in [2.45, 2.75) is 31.1 Å². The van der Waals surface area contributed by atoms with Crippen molar-refractivity contribution in [3.63, 3.8) is 0 Å². The molecule has 0 aliphatic rings. The SMILES string of the molecule is COCC(CC(C)C)NC(=O)C(Br)COC. The van der Waals surface area contributed by atoms with Crippen LogP contribution in [-0.4, -0.2) is 44.2 Å². The number of methoxy groups -OCH3 is 2. The molecule has 0 fully saturated rings. The molecule has 0 spiro atoms. The number of halogens is 1. The molecule has 0 bridgehead atoms. The third kappa shape index (κ3) is 7.19. The van der Waals surface area contributed by atoms with Crippen molar-refractivity contribution in [3.05, 3.63) is 0 Å². The van der Waals surface area contributed by atoms with Gasteiger partial charge in [-0.25, -0.2) is 0 Å². The van der Waals surface area contributed by atoms with Crippen molar-refractivity contribution in [1.82, 2.24) is 5.32 Å². The van der Waals surface area contributed by atoms with E-state index in [1.54, 1.807) is 14.2 Å². The van der Waals surface area contributed by atoms with E-state index in [1.165, 1.54) is 0 Å². The molecule has 0 heterocycles. The van der Waals surface area contributed by atoms with Crippen LogP contribution < -0.4 is 5.32 Å². The summed E-state index contributed by atoms with van der Waals surface area (Å²) in [7, 11) is 3.21. The number of amides is 1. The molecule has 0 saturated carbocycles. The summed E-state index contributed by atoms with van der Waals surface area (Å²) in [5, 5.41) is 2.94. The average molecular weight is 296 g/mol. The van der Waals surface area contributed by atoms with Gasteiger partial charge in [-0.05, 0) is 12.3 Å². The summed E-state index contributed by atoms with van der Waals surface area (Å²) in [5.41, 5.74) is 0. The van der Waals surface area contributed by atoms with E-state index in [0.717, 1.165) is 6.42 Å². The second-order valence-electron chi connectivity index (χ2n) is 4.21. The zero-order chi connectivity index (χ0) is 12.6. The minimum absolute atomic E-state index is 0.0513. The molecule has 0 aliphatic heterocycles. The van der Waals surface area contributed by atoms with Gasteiger partial charge in [-0.1, -0.05) is 29.8 Å². The van der Waals surface area contributed by atoms with E-state index in [0.29, 0.717) is 19.1 Å². The summed E-state index contributed by atoms with van der Waals surface area (Å²) in [6, 6.07) is 0.0643. The molecule has 1 N–H and O–H groups in total. The van der Waals surface area contributed by atoms with E-state index in [-0.39, 0.29) is 16.8 Å². The fraction of sp³-hybridized carbons (Fsp3) is 0.909. The van der Waals surface area contributed by atoms with Crippen LogP contribution in [0, 0.1) is 5.92 Å². The zero-order valence-corrected chi connectivity index (χ0v) is 12.0. The van der Waals surface area contributed by atoms with Gasteiger partial charge in [0, 0.05) is 14.2 Å². The Morgan fingerprint density at radius 3 is 2.25 bits per heavy atom. The van der Waals surface area contributed by atoms with Crippen LogP contribution >= 0.6 is 15.9 Å². The van der Waals surface area contributed by atoms with Gasteiger partial charge in [0.2, 0.25) is 5.91 Å². The van der Waals surface area contributed by atoms with Crippen LogP contribution in [0.1, 0.15) is 20.3 Å². The first kappa shape index (κ1) is 15.9. The Balaban J connectivity index is 4.11. The first-order valence-corrected chi connectivity index (χ1v) is 6.35. The normalized spacial score (nSPS) is 14.9. The van der Waals surface area contributed by atoms with Crippen LogP contribution in [0.4, 0.5) is 0 Å². The highest BCUT2D eigenvalue weighted by molar-refractivity contribution is 9.10. The van der Waals surface area contributed by atoms with E-state index in [9.17, 15) is 4.79 Å². The van der Waals surface area contributed by atoms with Gasteiger partial charge < -0.3 is 14.8 Å². The van der Waals surface area contributed by atoms with Gasteiger partial charge in [0.15, 0.2) is 0 Å². The van der Waals surface area contributed by atoms with E-state index in [4.69, 9.17) is 9.47 Å². The molecule has 0 radical (unpaired) electrons. The van der Waals surface area contributed by atoms with Gasteiger partial charge in [0.25, 0.3) is 0 Å². The molecule has 2 unspecified atom stereocenters. The Bertz CT molecular complexity index is 200. The minimum atomic E-state index is -0.302. The maximum absolute atomic E-state index is 11.7. The van der Waals surface area contributed by atoms with Crippen LogP contribution in [0.3, 0.4) is 0 Å². The van der Waals surface area contributed by atoms with Crippen molar-refractivity contribution in [2.24, 2.45) is 5.92 Å². The van der Waals surface area contributed by atoms with Crippen molar-refractivity contribution < 1.29 is 14.3 Å². The predicted octanol–water partition coefficient (Wildman–Crippen LogP) is 1.57. The lowest BCUT2D eigenvalue weighted by atomic mass is 10.0. The first-order chi connectivity index (χ1) is 7.51. The molecule has 16 heavy (non-hydrogen) atoms. The lowest BCUT2D eigenvalue weighted by molar-refractivity contribution is -0.122. The molecule has 4 nitrogen and oxygen atoms in total. The number of ether oxygens (including phenoxy) is 2. The Morgan fingerprint density at radius 2 is 1.81 bits per heavy atom. The lowest BCUT2D eigenvalue weighted by Crippen LogP contribution is -2.43. The van der Waals surface area contributed by atoms with Gasteiger partial charge in [0.05, 0.1) is 19.3 Å². The Kier molecular flexibility index (Phi) is 8.89. The summed E-state index contributed by atoms with van der Waals surface area (Å²) in [6.45, 7) is 5.15. The zero-order valence-electron chi connectivity index (χ0n) is 10.5. The number of rotatable bonds is 8. The van der Waals surface area contributed by atoms with Crippen LogP contribution in [0.2, 0.25) is 0 Å². The lowest BCUT2D eigenvalue weighted by Gasteiger charge is -2.21. The van der Waals surface area contributed by atoms with E-state index < -0.39 is 0 Å². The minimum Gasteiger partial charge on any atom is -0.383 e.